The molecule has 0 aromatic heterocycles. The van der Waals surface area contributed by atoms with Crippen LogP contribution in [0.4, 0.5) is 0 Å². The van der Waals surface area contributed by atoms with E-state index >= 15 is 0 Å². The number of ether oxygens (including phenoxy) is 2. The fraction of sp³-hybridized carbons (Fsp3) is 0.400. The summed E-state index contributed by atoms with van der Waals surface area (Å²) in [6, 6.07) is 2.97. The highest BCUT2D eigenvalue weighted by molar-refractivity contribution is 5.51. The van der Waals surface area contributed by atoms with E-state index in [2.05, 4.69) is 0 Å². The summed E-state index contributed by atoms with van der Waals surface area (Å²) in [5.74, 6) is 0.207. The third-order valence-electron chi connectivity index (χ3n) is 1.86. The number of phenolic OH excluding ortho intramolecular Hbond substituents is 2. The van der Waals surface area contributed by atoms with Crippen molar-refractivity contribution in [2.75, 3.05) is 13.4 Å². The summed E-state index contributed by atoms with van der Waals surface area (Å²) < 4.78 is 10.2. The van der Waals surface area contributed by atoms with Gasteiger partial charge in [0.2, 0.25) is 0 Å². The van der Waals surface area contributed by atoms with Crippen LogP contribution in [0, 0.1) is 6.92 Å². The first-order valence-corrected chi connectivity index (χ1v) is 4.39. The Hall–Kier alpha value is -1.42. The minimum absolute atomic E-state index is 0.140. The quantitative estimate of drug-likeness (QED) is 0.440. The molecule has 2 N–H and O–H groups in total. The molecule has 0 spiro atoms. The van der Waals surface area contributed by atoms with Gasteiger partial charge in [-0.05, 0) is 26.0 Å². The summed E-state index contributed by atoms with van der Waals surface area (Å²) in [7, 11) is 0. The second kappa shape index (κ2) is 4.72. The molecule has 0 heterocycles. The van der Waals surface area contributed by atoms with Gasteiger partial charge in [-0.15, -0.1) is 0 Å². The fourth-order valence-electron chi connectivity index (χ4n) is 1.01. The zero-order chi connectivity index (χ0) is 10.6. The summed E-state index contributed by atoms with van der Waals surface area (Å²) in [6.45, 7) is 4.24. The van der Waals surface area contributed by atoms with E-state index in [0.717, 1.165) is 0 Å². The summed E-state index contributed by atoms with van der Waals surface area (Å²) in [4.78, 5) is 0. The van der Waals surface area contributed by atoms with E-state index in [9.17, 15) is 5.11 Å². The molecule has 1 rings (SSSR count). The lowest BCUT2D eigenvalue weighted by Crippen LogP contribution is -2.03. The van der Waals surface area contributed by atoms with Gasteiger partial charge in [0.25, 0.3) is 0 Å². The Morgan fingerprint density at radius 3 is 2.64 bits per heavy atom. The highest BCUT2D eigenvalue weighted by Crippen LogP contribution is 2.34. The molecule has 0 unspecified atom stereocenters. The Bertz CT molecular complexity index is 309. The standard InChI is InChI=1S/C10H14O4/c1-3-13-6-14-9-5-4-8(11)10(12)7(9)2/h4-5,11-12H,3,6H2,1-2H3. The maximum Gasteiger partial charge on any atom is 0.189 e. The molecule has 1 aromatic carbocycles. The van der Waals surface area contributed by atoms with Crippen LogP contribution in [0.1, 0.15) is 12.5 Å². The number of hydrogen-bond acceptors (Lipinski definition) is 4. The van der Waals surface area contributed by atoms with Crippen molar-refractivity contribution in [2.45, 2.75) is 13.8 Å². The second-order valence-electron chi connectivity index (χ2n) is 2.81. The normalized spacial score (nSPS) is 10.1. The molecular weight excluding hydrogens is 184 g/mol. The van der Waals surface area contributed by atoms with Gasteiger partial charge in [-0.25, -0.2) is 0 Å². The van der Waals surface area contributed by atoms with Crippen molar-refractivity contribution in [3.05, 3.63) is 17.7 Å². The number of aromatic hydroxyl groups is 2. The summed E-state index contributed by atoms with van der Waals surface area (Å²) in [6.07, 6.45) is 0. The van der Waals surface area contributed by atoms with Gasteiger partial charge in [0.1, 0.15) is 5.75 Å². The number of rotatable bonds is 4. The molecule has 14 heavy (non-hydrogen) atoms. The van der Waals surface area contributed by atoms with Gasteiger partial charge in [-0.1, -0.05) is 0 Å². The van der Waals surface area contributed by atoms with E-state index in [1.807, 2.05) is 6.92 Å². The largest absolute Gasteiger partial charge is 0.504 e. The molecule has 4 heteroatoms. The van der Waals surface area contributed by atoms with Crippen LogP contribution in [-0.4, -0.2) is 23.6 Å². The Morgan fingerprint density at radius 2 is 2.00 bits per heavy atom. The Morgan fingerprint density at radius 1 is 1.29 bits per heavy atom. The van der Waals surface area contributed by atoms with Crippen molar-refractivity contribution in [1.82, 2.24) is 0 Å². The van der Waals surface area contributed by atoms with Crippen LogP contribution in [0.25, 0.3) is 0 Å². The van der Waals surface area contributed by atoms with Gasteiger partial charge in [-0.3, -0.25) is 0 Å². The molecule has 0 fully saturated rings. The van der Waals surface area contributed by atoms with Crippen LogP contribution < -0.4 is 4.74 Å². The average Bonchev–Trinajstić information content (AvgIpc) is 2.18. The van der Waals surface area contributed by atoms with E-state index in [1.54, 1.807) is 13.0 Å². The van der Waals surface area contributed by atoms with Crippen LogP contribution >= 0.6 is 0 Å². The number of hydrogen-bond donors (Lipinski definition) is 2. The van der Waals surface area contributed by atoms with Crippen LogP contribution in [0.5, 0.6) is 17.2 Å². The SMILES string of the molecule is CCOCOc1ccc(O)c(O)c1C. The van der Waals surface area contributed by atoms with Gasteiger partial charge in [-0.2, -0.15) is 0 Å². The Labute approximate surface area is 82.7 Å². The first kappa shape index (κ1) is 10.7. The minimum Gasteiger partial charge on any atom is -0.504 e. The van der Waals surface area contributed by atoms with Crippen molar-refractivity contribution in [3.63, 3.8) is 0 Å². The lowest BCUT2D eigenvalue weighted by Gasteiger charge is -2.10. The van der Waals surface area contributed by atoms with E-state index < -0.39 is 0 Å². The molecule has 4 nitrogen and oxygen atoms in total. The summed E-state index contributed by atoms with van der Waals surface area (Å²) in [5.41, 5.74) is 0.504. The average molecular weight is 198 g/mol. The summed E-state index contributed by atoms with van der Waals surface area (Å²) >= 11 is 0. The van der Waals surface area contributed by atoms with Crippen molar-refractivity contribution in [1.29, 1.82) is 0 Å². The Balaban J connectivity index is 2.73. The lowest BCUT2D eigenvalue weighted by molar-refractivity contribution is 0.0218. The van der Waals surface area contributed by atoms with Crippen molar-refractivity contribution in [2.24, 2.45) is 0 Å². The molecule has 0 aliphatic heterocycles. The van der Waals surface area contributed by atoms with Gasteiger partial charge in [0.15, 0.2) is 18.3 Å². The molecule has 0 aliphatic carbocycles. The smallest absolute Gasteiger partial charge is 0.189 e. The Kier molecular flexibility index (Phi) is 3.59. The molecule has 1 aromatic rings. The molecule has 0 atom stereocenters. The third-order valence-corrected chi connectivity index (χ3v) is 1.86. The van der Waals surface area contributed by atoms with Gasteiger partial charge in [0.05, 0.1) is 0 Å². The predicted molar refractivity (Wildman–Crippen MR) is 51.6 cm³/mol. The van der Waals surface area contributed by atoms with Gasteiger partial charge < -0.3 is 19.7 Å². The van der Waals surface area contributed by atoms with Gasteiger partial charge >= 0.3 is 0 Å². The van der Waals surface area contributed by atoms with Crippen LogP contribution in [-0.2, 0) is 4.74 Å². The molecule has 0 saturated heterocycles. The number of benzene rings is 1. The predicted octanol–water partition coefficient (Wildman–Crippen LogP) is 1.78. The molecule has 0 aliphatic rings. The molecule has 78 valence electrons. The van der Waals surface area contributed by atoms with Crippen molar-refractivity contribution >= 4 is 0 Å². The summed E-state index contributed by atoms with van der Waals surface area (Å²) in [5, 5.41) is 18.5. The highest BCUT2D eigenvalue weighted by atomic mass is 16.7. The zero-order valence-electron chi connectivity index (χ0n) is 8.28. The van der Waals surface area contributed by atoms with E-state index in [-0.39, 0.29) is 18.3 Å². The maximum absolute atomic E-state index is 9.37. The minimum atomic E-state index is -0.154. The van der Waals surface area contributed by atoms with Crippen molar-refractivity contribution < 1.29 is 19.7 Å². The van der Waals surface area contributed by atoms with E-state index in [1.165, 1.54) is 6.07 Å². The number of phenols is 2. The monoisotopic (exact) mass is 198 g/mol. The van der Waals surface area contributed by atoms with Gasteiger partial charge in [0, 0.05) is 12.2 Å². The highest BCUT2D eigenvalue weighted by Gasteiger charge is 2.08. The topological polar surface area (TPSA) is 58.9 Å². The molecule has 0 amide bonds. The fourth-order valence-corrected chi connectivity index (χ4v) is 1.01. The lowest BCUT2D eigenvalue weighted by atomic mass is 10.2. The van der Waals surface area contributed by atoms with Crippen LogP contribution in [0.2, 0.25) is 0 Å². The molecule has 0 saturated carbocycles. The van der Waals surface area contributed by atoms with E-state index in [4.69, 9.17) is 14.6 Å². The first-order chi connectivity index (χ1) is 6.66. The molecular formula is C10H14O4. The molecule has 0 bridgehead atoms. The first-order valence-electron chi connectivity index (χ1n) is 4.39. The maximum atomic E-state index is 9.37. The molecule has 0 radical (unpaired) electrons. The van der Waals surface area contributed by atoms with Crippen LogP contribution in [0.15, 0.2) is 12.1 Å². The van der Waals surface area contributed by atoms with Crippen molar-refractivity contribution in [3.8, 4) is 17.2 Å². The van der Waals surface area contributed by atoms with Crippen LogP contribution in [0.3, 0.4) is 0 Å². The zero-order valence-corrected chi connectivity index (χ0v) is 8.28. The third kappa shape index (κ3) is 2.29. The second-order valence-corrected chi connectivity index (χ2v) is 2.81. The van der Waals surface area contributed by atoms with E-state index in [0.29, 0.717) is 17.9 Å².